The Morgan fingerprint density at radius 3 is 0.978 bits per heavy atom. The van der Waals surface area contributed by atoms with Crippen LogP contribution in [0.5, 0.6) is 0 Å². The van der Waals surface area contributed by atoms with E-state index < -0.39 is 0 Å². The number of nitrogens with zero attached hydrogens (tertiary/aromatic N) is 4. The Balaban J connectivity index is 0.00000128. The minimum Gasteiger partial charge on any atom is -0.444 e. The van der Waals surface area contributed by atoms with Crippen molar-refractivity contribution in [2.45, 2.75) is 13.8 Å². The molecule has 6 nitrogen and oxygen atoms in total. The molecule has 0 bridgehead atoms. The van der Waals surface area contributed by atoms with Crippen molar-refractivity contribution in [3.63, 3.8) is 0 Å². The zero-order valence-electron chi connectivity index (χ0n) is 25.3. The van der Waals surface area contributed by atoms with Gasteiger partial charge in [0.05, 0.1) is 0 Å². The van der Waals surface area contributed by atoms with Crippen LogP contribution < -0.4 is 14.4 Å². The van der Waals surface area contributed by atoms with Crippen LogP contribution in [0, 0.1) is 24.0 Å². The van der Waals surface area contributed by atoms with Crippen molar-refractivity contribution in [2.24, 2.45) is 5.34 Å². The van der Waals surface area contributed by atoms with E-state index in [-0.39, 0.29) is 0 Å². The molecule has 0 aromatic heterocycles. The Labute approximate surface area is 264 Å². The summed E-state index contributed by atoms with van der Waals surface area (Å²) in [5.41, 5.74) is 8.81. The summed E-state index contributed by atoms with van der Waals surface area (Å²) in [7, 11) is 0. The van der Waals surface area contributed by atoms with Crippen LogP contribution in [-0.2, 0) is 0 Å². The molecule has 0 spiro atoms. The molecule has 0 saturated carbocycles. The number of guanidine groups is 1. The molecule has 0 aliphatic rings. The molecule has 0 fully saturated rings. The van der Waals surface area contributed by atoms with Crippen molar-refractivity contribution >= 4 is 40.1 Å². The van der Waals surface area contributed by atoms with E-state index in [0.29, 0.717) is 0 Å². The van der Waals surface area contributed by atoms with E-state index in [1.807, 2.05) is 0 Å². The van der Waals surface area contributed by atoms with E-state index in [2.05, 4.69) is 198 Å². The van der Waals surface area contributed by atoms with Crippen LogP contribution in [0.2, 0.25) is 0 Å². The van der Waals surface area contributed by atoms with Crippen LogP contribution in [0.25, 0.3) is 0 Å². The first-order chi connectivity index (χ1) is 22.1. The van der Waals surface area contributed by atoms with E-state index >= 15 is 0 Å². The van der Waals surface area contributed by atoms with Crippen molar-refractivity contribution in [1.82, 2.24) is 4.58 Å². The Bertz CT molecular complexity index is 1630. The standard InChI is InChI=1S/C39H34N3.HNO2/c1-31-19-15-17-29-37(31)42(38-30-18-16-20-32(38)2)39(40(33-21-7-3-8-22-33)34-23-9-4-10-24-34)41(35-25-11-5-12-26-35)36-27-13-6-14-28-36;2-1-3/h3-30H,1-2H3;(H,2,3)/q+1;/p-1. The maximum Gasteiger partial charge on any atom is 0.380 e. The lowest BCUT2D eigenvalue weighted by Crippen LogP contribution is -2.46. The van der Waals surface area contributed by atoms with Gasteiger partial charge in [0.2, 0.25) is 0 Å². The maximum absolute atomic E-state index is 8.00. The van der Waals surface area contributed by atoms with Crippen LogP contribution >= 0.6 is 0 Å². The number of hydrogen-bond donors (Lipinski definition) is 0. The predicted molar refractivity (Wildman–Crippen MR) is 188 cm³/mol. The molecule has 6 heteroatoms. The number of para-hydroxylation sites is 6. The van der Waals surface area contributed by atoms with Gasteiger partial charge in [-0.15, -0.1) is 5.34 Å². The van der Waals surface area contributed by atoms with Crippen LogP contribution in [0.1, 0.15) is 11.1 Å². The molecule has 0 aliphatic carbocycles. The van der Waals surface area contributed by atoms with E-state index in [4.69, 9.17) is 10.1 Å². The van der Waals surface area contributed by atoms with Gasteiger partial charge in [-0.1, -0.05) is 109 Å². The fourth-order valence-corrected chi connectivity index (χ4v) is 5.34. The number of rotatable bonds is 6. The summed E-state index contributed by atoms with van der Waals surface area (Å²) in [6, 6.07) is 59.7. The summed E-state index contributed by atoms with van der Waals surface area (Å²) in [5, 5.41) is 9.00. The van der Waals surface area contributed by atoms with Gasteiger partial charge in [-0.05, 0) is 85.6 Å². The average Bonchev–Trinajstić information content (AvgIpc) is 3.09. The molecule has 6 aromatic carbocycles. The molecule has 0 unspecified atom stereocenters. The second-order valence-electron chi connectivity index (χ2n) is 10.3. The van der Waals surface area contributed by atoms with Gasteiger partial charge in [0, 0.05) is 0 Å². The summed E-state index contributed by atoms with van der Waals surface area (Å²) in [6.45, 7) is 4.37. The molecule has 6 aromatic rings. The third-order valence-corrected chi connectivity index (χ3v) is 7.37. The largest absolute Gasteiger partial charge is 0.444 e. The number of hydrogen-bond acceptors (Lipinski definition) is 3. The Hall–Kier alpha value is -6.01. The first-order valence-electron chi connectivity index (χ1n) is 14.7. The Morgan fingerprint density at radius 1 is 0.467 bits per heavy atom. The Kier molecular flexibility index (Phi) is 10.1. The SMILES string of the molecule is Cc1ccccc1[N+](=C(N(c1ccccc1)c1ccccc1)N(c1ccccc1)c1ccccc1)c1ccccc1C.O=N[O-]. The molecule has 0 aliphatic heterocycles. The summed E-state index contributed by atoms with van der Waals surface area (Å²) in [5.74, 6) is 0.966. The van der Waals surface area contributed by atoms with Gasteiger partial charge >= 0.3 is 5.96 Å². The van der Waals surface area contributed by atoms with Gasteiger partial charge in [0.1, 0.15) is 34.1 Å². The van der Waals surface area contributed by atoms with E-state index in [1.54, 1.807) is 0 Å². The minimum absolute atomic E-state index is 0.966. The van der Waals surface area contributed by atoms with Gasteiger partial charge in [-0.3, -0.25) is 0 Å². The third kappa shape index (κ3) is 6.98. The third-order valence-electron chi connectivity index (χ3n) is 7.37. The molecule has 0 radical (unpaired) electrons. The fraction of sp³-hybridized carbons (Fsp3) is 0.0513. The molecule has 0 heterocycles. The molecule has 45 heavy (non-hydrogen) atoms. The quantitative estimate of drug-likeness (QED) is 0.0636. The highest BCUT2D eigenvalue weighted by Gasteiger charge is 2.37. The van der Waals surface area contributed by atoms with Crippen molar-refractivity contribution in [3.05, 3.63) is 191 Å². The highest BCUT2D eigenvalue weighted by Crippen LogP contribution is 2.37. The predicted octanol–water partition coefficient (Wildman–Crippen LogP) is 10.4. The fourth-order valence-electron chi connectivity index (χ4n) is 5.34. The van der Waals surface area contributed by atoms with Gasteiger partial charge < -0.3 is 10.1 Å². The number of benzene rings is 6. The minimum atomic E-state index is 0.966. The molecule has 6 rings (SSSR count). The smallest absolute Gasteiger partial charge is 0.380 e. The van der Waals surface area contributed by atoms with E-state index in [1.165, 1.54) is 11.1 Å². The molecule has 0 atom stereocenters. The molecule has 0 N–H and O–H groups in total. The lowest BCUT2D eigenvalue weighted by atomic mass is 10.1. The summed E-state index contributed by atoms with van der Waals surface area (Å²) in [4.78, 5) is 12.7. The molecule has 0 saturated heterocycles. The highest BCUT2D eigenvalue weighted by atomic mass is 16.6. The highest BCUT2D eigenvalue weighted by molar-refractivity contribution is 6.17. The maximum atomic E-state index is 8.00. The monoisotopic (exact) mass is 590 g/mol. The first-order valence-corrected chi connectivity index (χ1v) is 14.7. The second kappa shape index (κ2) is 14.9. The molecular weight excluding hydrogens is 556 g/mol. The van der Waals surface area contributed by atoms with E-state index in [9.17, 15) is 0 Å². The molecule has 0 amide bonds. The summed E-state index contributed by atoms with van der Waals surface area (Å²) >= 11 is 0. The lowest BCUT2D eigenvalue weighted by Gasteiger charge is -2.31. The van der Waals surface area contributed by atoms with Gasteiger partial charge in [-0.25, -0.2) is 0 Å². The number of anilines is 4. The van der Waals surface area contributed by atoms with Gasteiger partial charge in [0.15, 0.2) is 0 Å². The lowest BCUT2D eigenvalue weighted by molar-refractivity contribution is 1.00. The van der Waals surface area contributed by atoms with Crippen molar-refractivity contribution in [1.29, 1.82) is 0 Å². The van der Waals surface area contributed by atoms with Gasteiger partial charge in [0.25, 0.3) is 0 Å². The van der Waals surface area contributed by atoms with Crippen LogP contribution in [0.4, 0.5) is 34.1 Å². The zero-order chi connectivity index (χ0) is 31.4. The molecular formula is C39H34N4O2. The van der Waals surface area contributed by atoms with E-state index in [0.717, 1.165) is 45.4 Å². The van der Waals surface area contributed by atoms with Gasteiger partial charge in [-0.2, -0.15) is 14.4 Å². The van der Waals surface area contributed by atoms with Crippen LogP contribution in [0.15, 0.2) is 175 Å². The normalized spacial score (nSPS) is 10.2. The summed E-state index contributed by atoms with van der Waals surface area (Å²) < 4.78 is 2.41. The first kappa shape index (κ1) is 30.4. The average molecular weight is 591 g/mol. The van der Waals surface area contributed by atoms with Crippen LogP contribution in [0.3, 0.4) is 0 Å². The number of aryl methyl sites for hydroxylation is 2. The molecule has 222 valence electrons. The second-order valence-corrected chi connectivity index (χ2v) is 10.3. The topological polar surface area (TPSA) is 62.0 Å². The zero-order valence-corrected chi connectivity index (χ0v) is 25.3. The van der Waals surface area contributed by atoms with Crippen molar-refractivity contribution in [3.8, 4) is 0 Å². The summed E-state index contributed by atoms with van der Waals surface area (Å²) in [6.07, 6.45) is 0. The van der Waals surface area contributed by atoms with Crippen molar-refractivity contribution < 1.29 is 0 Å². The van der Waals surface area contributed by atoms with Crippen molar-refractivity contribution in [2.75, 3.05) is 9.80 Å². The Morgan fingerprint density at radius 2 is 0.711 bits per heavy atom. The van der Waals surface area contributed by atoms with Crippen LogP contribution in [-0.4, -0.2) is 5.96 Å².